The number of para-hydroxylation sites is 1. The van der Waals surface area contributed by atoms with Crippen molar-refractivity contribution in [3.05, 3.63) is 23.2 Å². The number of tetrazole rings is 1. The minimum Gasteiger partial charge on any atom is -0.397 e. The van der Waals surface area contributed by atoms with E-state index in [1.54, 1.807) is 17.9 Å². The molecular weight excluding hydrogens is 254 g/mol. The zero-order chi connectivity index (χ0) is 13.1. The fourth-order valence-electron chi connectivity index (χ4n) is 1.71. The fraction of sp³-hybridized carbons (Fsp3) is 0.364. The molecule has 7 heteroatoms. The number of ether oxygens (including phenoxy) is 1. The van der Waals surface area contributed by atoms with Crippen LogP contribution in [0.15, 0.2) is 18.2 Å². The summed E-state index contributed by atoms with van der Waals surface area (Å²) >= 11 is 6.00. The number of aromatic nitrogens is 4. The van der Waals surface area contributed by atoms with Crippen LogP contribution in [0.25, 0.3) is 11.4 Å². The van der Waals surface area contributed by atoms with Gasteiger partial charge in [-0.05, 0) is 29.5 Å². The van der Waals surface area contributed by atoms with Crippen molar-refractivity contribution in [2.75, 3.05) is 19.5 Å². The molecule has 1 atom stereocenters. The van der Waals surface area contributed by atoms with Gasteiger partial charge < -0.3 is 10.5 Å². The van der Waals surface area contributed by atoms with Crippen molar-refractivity contribution in [2.24, 2.45) is 0 Å². The van der Waals surface area contributed by atoms with E-state index in [-0.39, 0.29) is 6.04 Å². The monoisotopic (exact) mass is 267 g/mol. The second-order valence-corrected chi connectivity index (χ2v) is 4.36. The van der Waals surface area contributed by atoms with Crippen molar-refractivity contribution in [3.63, 3.8) is 0 Å². The van der Waals surface area contributed by atoms with E-state index in [4.69, 9.17) is 22.1 Å². The molecule has 2 N–H and O–H groups in total. The number of rotatable bonds is 4. The first kappa shape index (κ1) is 12.8. The van der Waals surface area contributed by atoms with Crippen LogP contribution in [0.5, 0.6) is 0 Å². The maximum absolute atomic E-state index is 6.00. The molecule has 18 heavy (non-hydrogen) atoms. The zero-order valence-electron chi connectivity index (χ0n) is 10.2. The predicted molar refractivity (Wildman–Crippen MR) is 69.3 cm³/mol. The van der Waals surface area contributed by atoms with Gasteiger partial charge in [0.05, 0.1) is 23.4 Å². The maximum atomic E-state index is 6.00. The quantitative estimate of drug-likeness (QED) is 0.855. The summed E-state index contributed by atoms with van der Waals surface area (Å²) in [5.74, 6) is 0.583. The molecule has 6 nitrogen and oxygen atoms in total. The Kier molecular flexibility index (Phi) is 3.78. The maximum Gasteiger partial charge on any atom is 0.184 e. The van der Waals surface area contributed by atoms with Crippen LogP contribution in [0.2, 0.25) is 5.02 Å². The molecule has 1 unspecified atom stereocenters. The van der Waals surface area contributed by atoms with Crippen LogP contribution in [-0.2, 0) is 4.74 Å². The lowest BCUT2D eigenvalue weighted by Gasteiger charge is -2.13. The highest BCUT2D eigenvalue weighted by molar-refractivity contribution is 6.33. The van der Waals surface area contributed by atoms with Crippen molar-refractivity contribution < 1.29 is 4.74 Å². The van der Waals surface area contributed by atoms with Gasteiger partial charge in [-0.2, -0.15) is 0 Å². The Morgan fingerprint density at radius 2 is 2.28 bits per heavy atom. The Morgan fingerprint density at radius 1 is 1.50 bits per heavy atom. The summed E-state index contributed by atoms with van der Waals surface area (Å²) in [6, 6.07) is 5.39. The van der Waals surface area contributed by atoms with Crippen molar-refractivity contribution in [1.29, 1.82) is 0 Å². The van der Waals surface area contributed by atoms with Crippen molar-refractivity contribution in [1.82, 2.24) is 20.2 Å². The first-order valence-electron chi connectivity index (χ1n) is 5.46. The van der Waals surface area contributed by atoms with Gasteiger partial charge in [-0.1, -0.05) is 17.7 Å². The molecule has 0 aliphatic rings. The summed E-state index contributed by atoms with van der Waals surface area (Å²) in [6.45, 7) is 2.47. The normalized spacial score (nSPS) is 12.6. The van der Waals surface area contributed by atoms with Crippen molar-refractivity contribution in [2.45, 2.75) is 13.0 Å². The molecule has 0 fully saturated rings. The van der Waals surface area contributed by atoms with Crippen LogP contribution < -0.4 is 5.73 Å². The zero-order valence-corrected chi connectivity index (χ0v) is 10.9. The van der Waals surface area contributed by atoms with Crippen LogP contribution in [-0.4, -0.2) is 33.9 Å². The molecule has 2 rings (SSSR count). The lowest BCUT2D eigenvalue weighted by atomic mass is 10.1. The topological polar surface area (TPSA) is 78.8 Å². The highest BCUT2D eigenvalue weighted by Crippen LogP contribution is 2.30. The molecule has 0 bridgehead atoms. The highest BCUT2D eigenvalue weighted by Gasteiger charge is 2.17. The SMILES string of the molecule is COCC(C)n1nnnc1-c1cccc(Cl)c1N. The molecule has 0 amide bonds. The highest BCUT2D eigenvalue weighted by atomic mass is 35.5. The molecule has 0 saturated carbocycles. The summed E-state index contributed by atoms with van der Waals surface area (Å²) in [5.41, 5.74) is 7.13. The summed E-state index contributed by atoms with van der Waals surface area (Å²) in [7, 11) is 1.63. The van der Waals surface area contributed by atoms with Gasteiger partial charge in [0.1, 0.15) is 0 Å². The first-order chi connectivity index (χ1) is 8.65. The number of benzene rings is 1. The number of nitrogens with two attached hydrogens (primary N) is 1. The predicted octanol–water partition coefficient (Wildman–Crippen LogP) is 1.78. The second-order valence-electron chi connectivity index (χ2n) is 3.95. The molecule has 2 aromatic rings. The van der Waals surface area contributed by atoms with Crippen LogP contribution in [0.1, 0.15) is 13.0 Å². The number of nitrogen functional groups attached to an aromatic ring is 1. The third-order valence-electron chi connectivity index (χ3n) is 2.61. The third-order valence-corrected chi connectivity index (χ3v) is 2.94. The number of halogens is 1. The number of methoxy groups -OCH3 is 1. The molecule has 0 spiro atoms. The largest absolute Gasteiger partial charge is 0.397 e. The lowest BCUT2D eigenvalue weighted by molar-refractivity contribution is 0.156. The van der Waals surface area contributed by atoms with Gasteiger partial charge in [0.25, 0.3) is 0 Å². The fourth-order valence-corrected chi connectivity index (χ4v) is 1.89. The summed E-state index contributed by atoms with van der Waals surface area (Å²) in [6.07, 6.45) is 0. The van der Waals surface area contributed by atoms with Crippen LogP contribution >= 0.6 is 11.6 Å². The molecule has 0 aliphatic carbocycles. The smallest absolute Gasteiger partial charge is 0.184 e. The van der Waals surface area contributed by atoms with Gasteiger partial charge in [-0.15, -0.1) is 5.10 Å². The molecule has 1 heterocycles. The number of anilines is 1. The number of hydrogen-bond donors (Lipinski definition) is 1. The van der Waals surface area contributed by atoms with Crippen molar-refractivity contribution >= 4 is 17.3 Å². The molecule has 1 aromatic carbocycles. The minimum atomic E-state index is 0.0124. The van der Waals surface area contributed by atoms with Gasteiger partial charge in [-0.3, -0.25) is 0 Å². The van der Waals surface area contributed by atoms with E-state index in [0.717, 1.165) is 5.56 Å². The first-order valence-corrected chi connectivity index (χ1v) is 5.84. The van der Waals surface area contributed by atoms with E-state index in [2.05, 4.69) is 15.5 Å². The van der Waals surface area contributed by atoms with Gasteiger partial charge in [0.2, 0.25) is 0 Å². The summed E-state index contributed by atoms with van der Waals surface area (Å²) in [4.78, 5) is 0. The third kappa shape index (κ3) is 2.30. The van der Waals surface area contributed by atoms with Gasteiger partial charge in [-0.25, -0.2) is 4.68 Å². The van der Waals surface area contributed by atoms with Gasteiger partial charge >= 0.3 is 0 Å². The number of nitrogens with zero attached hydrogens (tertiary/aromatic N) is 4. The Balaban J connectivity index is 2.45. The Hall–Kier alpha value is -1.66. The average molecular weight is 268 g/mol. The van der Waals surface area contributed by atoms with Crippen LogP contribution in [0, 0.1) is 0 Å². The standard InChI is InChI=1S/C11H14ClN5O/c1-7(6-18-2)17-11(14-15-16-17)8-4-3-5-9(12)10(8)13/h3-5,7H,6,13H2,1-2H3. The average Bonchev–Trinajstić information content (AvgIpc) is 2.82. The van der Waals surface area contributed by atoms with Gasteiger partial charge in [0, 0.05) is 12.7 Å². The van der Waals surface area contributed by atoms with Crippen LogP contribution in [0.3, 0.4) is 0 Å². The lowest BCUT2D eigenvalue weighted by Crippen LogP contribution is -2.14. The van der Waals surface area contributed by atoms with E-state index in [1.807, 2.05) is 19.1 Å². The Labute approximate surface area is 110 Å². The Morgan fingerprint density at radius 3 is 3.00 bits per heavy atom. The molecule has 96 valence electrons. The van der Waals surface area contributed by atoms with Crippen LogP contribution in [0.4, 0.5) is 5.69 Å². The van der Waals surface area contributed by atoms with E-state index in [1.165, 1.54) is 0 Å². The minimum absolute atomic E-state index is 0.0124. The summed E-state index contributed by atoms with van der Waals surface area (Å²) < 4.78 is 6.77. The van der Waals surface area contributed by atoms with E-state index in [0.29, 0.717) is 23.1 Å². The van der Waals surface area contributed by atoms with E-state index < -0.39 is 0 Å². The second kappa shape index (κ2) is 5.32. The van der Waals surface area contributed by atoms with E-state index >= 15 is 0 Å². The van der Waals surface area contributed by atoms with Gasteiger partial charge in [0.15, 0.2) is 5.82 Å². The molecular formula is C11H14ClN5O. The molecule has 0 saturated heterocycles. The van der Waals surface area contributed by atoms with E-state index in [9.17, 15) is 0 Å². The Bertz CT molecular complexity index is 542. The van der Waals surface area contributed by atoms with Crippen molar-refractivity contribution in [3.8, 4) is 11.4 Å². The molecule has 0 radical (unpaired) electrons. The molecule has 0 aliphatic heterocycles. The molecule has 1 aromatic heterocycles. The number of hydrogen-bond acceptors (Lipinski definition) is 5. The summed E-state index contributed by atoms with van der Waals surface area (Å²) in [5, 5.41) is 12.1.